The number of hydrogen-bond acceptors (Lipinski definition) is 4. The first-order valence-corrected chi connectivity index (χ1v) is 6.23. The molecule has 18 heavy (non-hydrogen) atoms. The molecule has 0 saturated carbocycles. The van der Waals surface area contributed by atoms with Crippen molar-refractivity contribution >= 4 is 33.2 Å². The van der Waals surface area contributed by atoms with Crippen LogP contribution in [0.3, 0.4) is 0 Å². The van der Waals surface area contributed by atoms with Crippen LogP contribution in [0.15, 0.2) is 22.7 Å². The molecule has 0 aromatic heterocycles. The van der Waals surface area contributed by atoms with Crippen LogP contribution < -0.4 is 11.1 Å². The van der Waals surface area contributed by atoms with E-state index in [2.05, 4.69) is 21.2 Å². The van der Waals surface area contributed by atoms with Gasteiger partial charge < -0.3 is 11.1 Å². The van der Waals surface area contributed by atoms with Gasteiger partial charge in [-0.25, -0.2) is 0 Å². The SMILES string of the molecule is CCC(CN)C(=O)Nc1cc([N+](=O)[O-])ccc1Br. The van der Waals surface area contributed by atoms with Gasteiger partial charge in [0.15, 0.2) is 0 Å². The van der Waals surface area contributed by atoms with Gasteiger partial charge in [0, 0.05) is 23.2 Å². The molecule has 0 heterocycles. The first-order chi connectivity index (χ1) is 8.49. The molecule has 0 fully saturated rings. The average molecular weight is 316 g/mol. The third-order valence-corrected chi connectivity index (χ3v) is 3.26. The summed E-state index contributed by atoms with van der Waals surface area (Å²) in [6.07, 6.45) is 0.620. The summed E-state index contributed by atoms with van der Waals surface area (Å²) >= 11 is 3.23. The van der Waals surface area contributed by atoms with Crippen LogP contribution in [0, 0.1) is 16.0 Å². The van der Waals surface area contributed by atoms with E-state index >= 15 is 0 Å². The number of non-ortho nitro benzene ring substituents is 1. The zero-order valence-corrected chi connectivity index (χ0v) is 11.4. The largest absolute Gasteiger partial charge is 0.330 e. The molecule has 7 heteroatoms. The Morgan fingerprint density at radius 3 is 2.78 bits per heavy atom. The minimum absolute atomic E-state index is 0.0747. The summed E-state index contributed by atoms with van der Waals surface area (Å²) in [5.41, 5.74) is 5.77. The average Bonchev–Trinajstić information content (AvgIpc) is 2.33. The molecule has 0 radical (unpaired) electrons. The van der Waals surface area contributed by atoms with E-state index in [0.717, 1.165) is 0 Å². The second-order valence-electron chi connectivity index (χ2n) is 3.75. The van der Waals surface area contributed by atoms with E-state index in [-0.39, 0.29) is 24.1 Å². The van der Waals surface area contributed by atoms with Crippen molar-refractivity contribution in [2.75, 3.05) is 11.9 Å². The quantitative estimate of drug-likeness (QED) is 0.643. The van der Waals surface area contributed by atoms with Gasteiger partial charge >= 0.3 is 0 Å². The van der Waals surface area contributed by atoms with Gasteiger partial charge in [0.2, 0.25) is 5.91 Å². The number of anilines is 1. The summed E-state index contributed by atoms with van der Waals surface area (Å²) in [6.45, 7) is 2.11. The number of amides is 1. The number of hydrogen-bond donors (Lipinski definition) is 2. The van der Waals surface area contributed by atoms with Gasteiger partial charge in [-0.15, -0.1) is 0 Å². The lowest BCUT2D eigenvalue weighted by molar-refractivity contribution is -0.384. The molecule has 6 nitrogen and oxygen atoms in total. The maximum atomic E-state index is 11.8. The number of nitrogens with two attached hydrogens (primary N) is 1. The number of carbonyl (C=O) groups is 1. The van der Waals surface area contributed by atoms with Crippen LogP contribution in [0.4, 0.5) is 11.4 Å². The number of nitrogens with one attached hydrogen (secondary N) is 1. The number of nitro benzene ring substituents is 1. The number of nitrogens with zero attached hydrogens (tertiary/aromatic N) is 1. The molecule has 0 aliphatic rings. The highest BCUT2D eigenvalue weighted by Gasteiger charge is 2.17. The third-order valence-electron chi connectivity index (χ3n) is 2.57. The minimum atomic E-state index is -0.512. The van der Waals surface area contributed by atoms with Crippen molar-refractivity contribution in [1.29, 1.82) is 0 Å². The fraction of sp³-hybridized carbons (Fsp3) is 0.364. The Morgan fingerprint density at radius 2 is 2.28 bits per heavy atom. The molecular weight excluding hydrogens is 302 g/mol. The number of rotatable bonds is 5. The summed E-state index contributed by atoms with van der Waals surface area (Å²) in [5, 5.41) is 13.3. The topological polar surface area (TPSA) is 98.3 Å². The molecule has 1 amide bonds. The van der Waals surface area contributed by atoms with Crippen LogP contribution in [0.5, 0.6) is 0 Å². The Bertz CT molecular complexity index is 461. The van der Waals surface area contributed by atoms with Gasteiger partial charge in [0.05, 0.1) is 16.5 Å². The fourth-order valence-electron chi connectivity index (χ4n) is 1.42. The normalized spacial score (nSPS) is 11.9. The van der Waals surface area contributed by atoms with E-state index in [9.17, 15) is 14.9 Å². The van der Waals surface area contributed by atoms with Crippen LogP contribution in [-0.4, -0.2) is 17.4 Å². The molecule has 1 aromatic carbocycles. The maximum absolute atomic E-state index is 11.8. The lowest BCUT2D eigenvalue weighted by Gasteiger charge is -2.13. The van der Waals surface area contributed by atoms with E-state index in [1.807, 2.05) is 6.92 Å². The molecule has 0 aliphatic heterocycles. The molecule has 0 bridgehead atoms. The first kappa shape index (κ1) is 14.6. The van der Waals surface area contributed by atoms with Crippen molar-refractivity contribution < 1.29 is 9.72 Å². The molecule has 3 N–H and O–H groups in total. The van der Waals surface area contributed by atoms with Gasteiger partial charge in [-0.05, 0) is 28.4 Å². The highest BCUT2D eigenvalue weighted by molar-refractivity contribution is 9.10. The zero-order valence-electron chi connectivity index (χ0n) is 9.85. The van der Waals surface area contributed by atoms with E-state index in [1.165, 1.54) is 18.2 Å². The van der Waals surface area contributed by atoms with Crippen LogP contribution in [0.25, 0.3) is 0 Å². The van der Waals surface area contributed by atoms with E-state index < -0.39 is 4.92 Å². The van der Waals surface area contributed by atoms with Gasteiger partial charge in [-0.2, -0.15) is 0 Å². The lowest BCUT2D eigenvalue weighted by atomic mass is 10.1. The summed E-state index contributed by atoms with van der Waals surface area (Å²) in [4.78, 5) is 22.0. The summed E-state index contributed by atoms with van der Waals surface area (Å²) in [5.74, 6) is -0.530. The van der Waals surface area contributed by atoms with Crippen LogP contribution >= 0.6 is 15.9 Å². The predicted molar refractivity (Wildman–Crippen MR) is 72.3 cm³/mol. The van der Waals surface area contributed by atoms with Crippen molar-refractivity contribution in [2.45, 2.75) is 13.3 Å². The van der Waals surface area contributed by atoms with Crippen LogP contribution in [-0.2, 0) is 4.79 Å². The van der Waals surface area contributed by atoms with Crippen molar-refractivity contribution in [3.05, 3.63) is 32.8 Å². The number of nitro groups is 1. The number of halogens is 1. The van der Waals surface area contributed by atoms with Crippen molar-refractivity contribution in [1.82, 2.24) is 0 Å². The molecule has 0 spiro atoms. The number of benzene rings is 1. The van der Waals surface area contributed by atoms with Crippen LogP contribution in [0.1, 0.15) is 13.3 Å². The minimum Gasteiger partial charge on any atom is -0.330 e. The maximum Gasteiger partial charge on any atom is 0.271 e. The smallest absolute Gasteiger partial charge is 0.271 e. The third kappa shape index (κ3) is 3.51. The summed E-state index contributed by atoms with van der Waals surface area (Å²) in [7, 11) is 0. The van der Waals surface area contributed by atoms with E-state index in [4.69, 9.17) is 5.73 Å². The molecule has 98 valence electrons. The highest BCUT2D eigenvalue weighted by atomic mass is 79.9. The summed E-state index contributed by atoms with van der Waals surface area (Å²) < 4.78 is 0.591. The first-order valence-electron chi connectivity index (χ1n) is 5.44. The fourth-order valence-corrected chi connectivity index (χ4v) is 1.76. The standard InChI is InChI=1S/C11H14BrN3O3/c1-2-7(6-13)11(16)14-10-5-8(15(17)18)3-4-9(10)12/h3-5,7H,2,6,13H2,1H3,(H,14,16). The second-order valence-corrected chi connectivity index (χ2v) is 4.61. The van der Waals surface area contributed by atoms with Gasteiger partial charge in [-0.1, -0.05) is 6.92 Å². The summed E-state index contributed by atoms with van der Waals surface area (Å²) in [6, 6.07) is 4.20. The van der Waals surface area contributed by atoms with E-state index in [1.54, 1.807) is 0 Å². The van der Waals surface area contributed by atoms with Crippen molar-refractivity contribution in [2.24, 2.45) is 11.7 Å². The molecule has 0 saturated heterocycles. The monoisotopic (exact) mass is 315 g/mol. The Balaban J connectivity index is 2.93. The molecule has 1 aromatic rings. The molecule has 0 aliphatic carbocycles. The highest BCUT2D eigenvalue weighted by Crippen LogP contribution is 2.27. The Hall–Kier alpha value is -1.47. The van der Waals surface area contributed by atoms with Crippen molar-refractivity contribution in [3.63, 3.8) is 0 Å². The second kappa shape index (κ2) is 6.46. The number of carbonyl (C=O) groups excluding carboxylic acids is 1. The van der Waals surface area contributed by atoms with E-state index in [0.29, 0.717) is 16.6 Å². The van der Waals surface area contributed by atoms with Gasteiger partial charge in [0.1, 0.15) is 0 Å². The Labute approximate surface area is 113 Å². The molecule has 1 atom stereocenters. The zero-order chi connectivity index (χ0) is 13.7. The molecular formula is C11H14BrN3O3. The van der Waals surface area contributed by atoms with Gasteiger partial charge in [0.25, 0.3) is 5.69 Å². The van der Waals surface area contributed by atoms with Gasteiger partial charge in [-0.3, -0.25) is 14.9 Å². The van der Waals surface area contributed by atoms with Crippen LogP contribution in [0.2, 0.25) is 0 Å². The molecule has 1 rings (SSSR count). The Morgan fingerprint density at radius 1 is 1.61 bits per heavy atom. The lowest BCUT2D eigenvalue weighted by Crippen LogP contribution is -2.28. The molecule has 1 unspecified atom stereocenters. The van der Waals surface area contributed by atoms with Crippen molar-refractivity contribution in [3.8, 4) is 0 Å². The predicted octanol–water partition coefficient (Wildman–Crippen LogP) is 2.28. The Kier molecular flexibility index (Phi) is 5.24.